The van der Waals surface area contributed by atoms with Crippen LogP contribution in [0.2, 0.25) is 5.02 Å². The molecule has 1 aromatic rings. The molecule has 0 unspecified atom stereocenters. The third-order valence-electron chi connectivity index (χ3n) is 1.97. The van der Waals surface area contributed by atoms with E-state index < -0.39 is 0 Å². The zero-order valence-electron chi connectivity index (χ0n) is 8.29. The summed E-state index contributed by atoms with van der Waals surface area (Å²) in [5, 5.41) is 9.30. The summed E-state index contributed by atoms with van der Waals surface area (Å²) >= 11 is 5.86. The molecular weight excluding hydrogens is 200 g/mol. The first-order valence-corrected chi connectivity index (χ1v) is 5.17. The largest absolute Gasteiger partial charge is 0.493 e. The molecule has 0 aliphatic carbocycles. The van der Waals surface area contributed by atoms with Crippen molar-refractivity contribution in [2.24, 2.45) is 0 Å². The zero-order chi connectivity index (χ0) is 10.4. The number of aryl methyl sites for hydroxylation is 1. The molecule has 1 aromatic carbocycles. The first-order valence-electron chi connectivity index (χ1n) is 4.80. The Kier molecular flexibility index (Phi) is 4.77. The minimum atomic E-state index is 0.155. The van der Waals surface area contributed by atoms with Gasteiger partial charge in [0.25, 0.3) is 0 Å². The van der Waals surface area contributed by atoms with Gasteiger partial charge in [0, 0.05) is 18.1 Å². The van der Waals surface area contributed by atoms with Crippen LogP contribution in [0.3, 0.4) is 0 Å². The lowest BCUT2D eigenvalue weighted by Crippen LogP contribution is -2.01. The van der Waals surface area contributed by atoms with E-state index in [1.54, 1.807) is 0 Å². The van der Waals surface area contributed by atoms with E-state index in [-0.39, 0.29) is 6.61 Å². The van der Waals surface area contributed by atoms with Gasteiger partial charge in [0.05, 0.1) is 6.61 Å². The monoisotopic (exact) mass is 214 g/mol. The van der Waals surface area contributed by atoms with E-state index in [4.69, 9.17) is 21.4 Å². The Hall–Kier alpha value is -0.730. The molecule has 0 aliphatic rings. The molecule has 0 fully saturated rings. The highest BCUT2D eigenvalue weighted by atomic mass is 35.5. The van der Waals surface area contributed by atoms with E-state index in [2.05, 4.69) is 6.92 Å². The van der Waals surface area contributed by atoms with Crippen molar-refractivity contribution >= 4 is 11.6 Å². The van der Waals surface area contributed by atoms with Crippen LogP contribution in [0.4, 0.5) is 0 Å². The van der Waals surface area contributed by atoms with E-state index in [9.17, 15) is 0 Å². The molecule has 14 heavy (non-hydrogen) atoms. The molecule has 0 aromatic heterocycles. The van der Waals surface area contributed by atoms with Crippen molar-refractivity contribution in [1.29, 1.82) is 0 Å². The molecule has 0 atom stereocenters. The molecule has 0 aliphatic heterocycles. The van der Waals surface area contributed by atoms with Gasteiger partial charge in [0.2, 0.25) is 0 Å². The van der Waals surface area contributed by atoms with Crippen LogP contribution in [0.1, 0.15) is 18.9 Å². The topological polar surface area (TPSA) is 29.5 Å². The Balaban J connectivity index is 2.67. The number of hydrogen-bond donors (Lipinski definition) is 1. The predicted molar refractivity (Wildman–Crippen MR) is 58.0 cm³/mol. The SMILES string of the molecule is CCc1ccc(Cl)cc1OCCCO. The molecule has 0 amide bonds. The van der Waals surface area contributed by atoms with Crippen LogP contribution in [0, 0.1) is 0 Å². The summed E-state index contributed by atoms with van der Waals surface area (Å²) in [6.45, 7) is 2.76. The van der Waals surface area contributed by atoms with E-state index >= 15 is 0 Å². The van der Waals surface area contributed by atoms with Crippen molar-refractivity contribution in [2.45, 2.75) is 19.8 Å². The molecule has 0 heterocycles. The lowest BCUT2D eigenvalue weighted by Gasteiger charge is -2.09. The summed E-state index contributed by atoms with van der Waals surface area (Å²) in [5.74, 6) is 0.827. The predicted octanol–water partition coefficient (Wildman–Crippen LogP) is 2.66. The Labute approximate surface area is 89.5 Å². The van der Waals surface area contributed by atoms with Gasteiger partial charge in [-0.3, -0.25) is 0 Å². The zero-order valence-corrected chi connectivity index (χ0v) is 9.05. The van der Waals surface area contributed by atoms with Crippen LogP contribution in [0.25, 0.3) is 0 Å². The fraction of sp³-hybridized carbons (Fsp3) is 0.455. The molecule has 0 saturated heterocycles. The number of aliphatic hydroxyl groups is 1. The van der Waals surface area contributed by atoms with Crippen LogP contribution < -0.4 is 4.74 Å². The Bertz CT molecular complexity index is 287. The average Bonchev–Trinajstić information content (AvgIpc) is 2.19. The van der Waals surface area contributed by atoms with Crippen molar-refractivity contribution < 1.29 is 9.84 Å². The quantitative estimate of drug-likeness (QED) is 0.764. The van der Waals surface area contributed by atoms with Gasteiger partial charge in [-0.25, -0.2) is 0 Å². The lowest BCUT2D eigenvalue weighted by atomic mass is 10.1. The van der Waals surface area contributed by atoms with E-state index in [1.165, 1.54) is 0 Å². The summed E-state index contributed by atoms with van der Waals surface area (Å²) in [5.41, 5.74) is 1.15. The van der Waals surface area contributed by atoms with Crippen LogP contribution in [-0.2, 0) is 6.42 Å². The molecule has 2 nitrogen and oxygen atoms in total. The molecule has 0 bridgehead atoms. The van der Waals surface area contributed by atoms with Crippen LogP contribution in [0.5, 0.6) is 5.75 Å². The van der Waals surface area contributed by atoms with Crippen molar-refractivity contribution in [3.05, 3.63) is 28.8 Å². The molecule has 3 heteroatoms. The normalized spacial score (nSPS) is 10.2. The van der Waals surface area contributed by atoms with Crippen molar-refractivity contribution in [1.82, 2.24) is 0 Å². The Morgan fingerprint density at radius 2 is 2.21 bits per heavy atom. The number of benzene rings is 1. The summed E-state index contributed by atoms with van der Waals surface area (Å²) < 4.78 is 5.50. The van der Waals surface area contributed by atoms with Gasteiger partial charge in [-0.15, -0.1) is 0 Å². The second kappa shape index (κ2) is 5.89. The summed E-state index contributed by atoms with van der Waals surface area (Å²) in [6, 6.07) is 5.65. The fourth-order valence-corrected chi connectivity index (χ4v) is 1.36. The van der Waals surface area contributed by atoms with Gasteiger partial charge in [0.1, 0.15) is 5.75 Å². The number of hydrogen-bond acceptors (Lipinski definition) is 2. The van der Waals surface area contributed by atoms with Crippen molar-refractivity contribution in [3.8, 4) is 5.75 Å². The maximum atomic E-state index is 8.62. The molecule has 78 valence electrons. The Morgan fingerprint density at radius 1 is 1.43 bits per heavy atom. The fourth-order valence-electron chi connectivity index (χ4n) is 1.20. The number of ether oxygens (including phenoxy) is 1. The van der Waals surface area contributed by atoms with E-state index in [0.717, 1.165) is 17.7 Å². The van der Waals surface area contributed by atoms with E-state index in [0.29, 0.717) is 18.1 Å². The maximum Gasteiger partial charge on any atom is 0.123 e. The Morgan fingerprint density at radius 3 is 2.86 bits per heavy atom. The number of rotatable bonds is 5. The molecule has 0 saturated carbocycles. The molecular formula is C11H15ClO2. The minimum absolute atomic E-state index is 0.155. The van der Waals surface area contributed by atoms with Gasteiger partial charge in [-0.2, -0.15) is 0 Å². The highest BCUT2D eigenvalue weighted by Gasteiger charge is 2.02. The van der Waals surface area contributed by atoms with Crippen LogP contribution in [-0.4, -0.2) is 18.3 Å². The second-order valence-electron chi connectivity index (χ2n) is 3.03. The van der Waals surface area contributed by atoms with Crippen molar-refractivity contribution in [3.63, 3.8) is 0 Å². The number of aliphatic hydroxyl groups excluding tert-OH is 1. The first-order chi connectivity index (χ1) is 6.77. The smallest absolute Gasteiger partial charge is 0.123 e. The number of halogens is 1. The van der Waals surface area contributed by atoms with Gasteiger partial charge >= 0.3 is 0 Å². The molecule has 1 rings (SSSR count). The maximum absolute atomic E-state index is 8.62. The summed E-state index contributed by atoms with van der Waals surface area (Å²) in [7, 11) is 0. The molecule has 0 radical (unpaired) electrons. The van der Waals surface area contributed by atoms with Gasteiger partial charge in [-0.05, 0) is 24.1 Å². The third kappa shape index (κ3) is 3.20. The van der Waals surface area contributed by atoms with E-state index in [1.807, 2.05) is 18.2 Å². The van der Waals surface area contributed by atoms with Gasteiger partial charge in [0.15, 0.2) is 0 Å². The molecule has 0 spiro atoms. The lowest BCUT2D eigenvalue weighted by molar-refractivity contribution is 0.232. The van der Waals surface area contributed by atoms with Crippen LogP contribution >= 0.6 is 11.6 Å². The van der Waals surface area contributed by atoms with Crippen LogP contribution in [0.15, 0.2) is 18.2 Å². The minimum Gasteiger partial charge on any atom is -0.493 e. The van der Waals surface area contributed by atoms with Gasteiger partial charge in [-0.1, -0.05) is 24.6 Å². The van der Waals surface area contributed by atoms with Gasteiger partial charge < -0.3 is 9.84 Å². The standard InChI is InChI=1S/C11H15ClO2/c1-2-9-4-5-10(12)8-11(9)14-7-3-6-13/h4-5,8,13H,2-3,6-7H2,1H3. The third-order valence-corrected chi connectivity index (χ3v) is 2.21. The first kappa shape index (κ1) is 11.3. The highest BCUT2D eigenvalue weighted by molar-refractivity contribution is 6.30. The molecule has 1 N–H and O–H groups in total. The average molecular weight is 215 g/mol. The second-order valence-corrected chi connectivity index (χ2v) is 3.47. The summed E-state index contributed by atoms with van der Waals surface area (Å²) in [4.78, 5) is 0. The highest BCUT2D eigenvalue weighted by Crippen LogP contribution is 2.23. The summed E-state index contributed by atoms with van der Waals surface area (Å²) in [6.07, 6.45) is 1.57. The van der Waals surface area contributed by atoms with Crippen molar-refractivity contribution in [2.75, 3.05) is 13.2 Å².